The monoisotopic (exact) mass is 237 g/mol. The maximum Gasteiger partial charge on any atom is 0.220 e. The van der Waals surface area contributed by atoms with E-state index >= 15 is 0 Å². The number of aryl methyl sites for hydroxylation is 1. The molecule has 4 N–H and O–H groups in total. The zero-order valence-corrected chi connectivity index (χ0v) is 9.93. The van der Waals surface area contributed by atoms with Gasteiger partial charge in [-0.3, -0.25) is 4.79 Å². The molecule has 4 nitrogen and oxygen atoms in total. The summed E-state index contributed by atoms with van der Waals surface area (Å²) in [6.45, 7) is 0. The minimum absolute atomic E-state index is 0.0466. The molecule has 0 aliphatic rings. The Hall–Kier alpha value is -1.62. The normalized spacial score (nSPS) is 9.56. The maximum atomic E-state index is 11.0. The van der Waals surface area contributed by atoms with Gasteiger partial charge >= 0.3 is 0 Å². The van der Waals surface area contributed by atoms with Crippen LogP contribution in [0.4, 0.5) is 5.69 Å². The minimum atomic E-state index is 0.0466. The van der Waals surface area contributed by atoms with Crippen molar-refractivity contribution in [3.63, 3.8) is 0 Å². The van der Waals surface area contributed by atoms with Crippen molar-refractivity contribution >= 4 is 28.9 Å². The van der Waals surface area contributed by atoms with Gasteiger partial charge in [0.15, 0.2) is 5.11 Å². The molecule has 0 aromatic heterocycles. The zero-order chi connectivity index (χ0) is 12.0. The minimum Gasteiger partial charge on any atom is -0.376 e. The summed E-state index contributed by atoms with van der Waals surface area (Å²) in [4.78, 5) is 11.0. The first kappa shape index (κ1) is 12.4. The lowest BCUT2D eigenvalue weighted by molar-refractivity contribution is -0.120. The van der Waals surface area contributed by atoms with Crippen LogP contribution in [0, 0.1) is 0 Å². The largest absolute Gasteiger partial charge is 0.376 e. The summed E-state index contributed by atoms with van der Waals surface area (Å²) in [6.07, 6.45) is 1.23. The van der Waals surface area contributed by atoms with Crippen molar-refractivity contribution in [2.24, 2.45) is 5.73 Å². The van der Waals surface area contributed by atoms with Crippen molar-refractivity contribution in [2.75, 3.05) is 12.4 Å². The van der Waals surface area contributed by atoms with E-state index in [0.717, 1.165) is 17.7 Å². The summed E-state index contributed by atoms with van der Waals surface area (Å²) in [5.74, 6) is 0.0466. The number of hydrogen-bond acceptors (Lipinski definition) is 2. The van der Waals surface area contributed by atoms with Crippen molar-refractivity contribution in [3.8, 4) is 0 Å². The highest BCUT2D eigenvalue weighted by molar-refractivity contribution is 7.80. The molecule has 5 heteroatoms. The number of anilines is 1. The molecule has 0 unspecified atom stereocenters. The quantitative estimate of drug-likeness (QED) is 0.684. The van der Waals surface area contributed by atoms with Crippen molar-refractivity contribution in [1.82, 2.24) is 5.32 Å². The fourth-order valence-corrected chi connectivity index (χ4v) is 1.40. The lowest BCUT2D eigenvalue weighted by atomic mass is 10.1. The predicted molar refractivity (Wildman–Crippen MR) is 69.2 cm³/mol. The summed E-state index contributed by atoms with van der Waals surface area (Å²) in [5, 5.41) is 5.67. The van der Waals surface area contributed by atoms with Gasteiger partial charge < -0.3 is 16.4 Å². The molecule has 1 aromatic carbocycles. The van der Waals surface area contributed by atoms with Crippen LogP contribution in [-0.4, -0.2) is 18.1 Å². The first-order chi connectivity index (χ1) is 7.61. The smallest absolute Gasteiger partial charge is 0.220 e. The van der Waals surface area contributed by atoms with Crippen LogP contribution in [0.3, 0.4) is 0 Å². The molecule has 16 heavy (non-hydrogen) atoms. The predicted octanol–water partition coefficient (Wildman–Crippen LogP) is 1.02. The van der Waals surface area contributed by atoms with Crippen LogP contribution in [0.25, 0.3) is 0 Å². The van der Waals surface area contributed by atoms with Gasteiger partial charge in [0.2, 0.25) is 5.91 Å². The van der Waals surface area contributed by atoms with Crippen molar-refractivity contribution in [1.29, 1.82) is 0 Å². The third-order valence-electron chi connectivity index (χ3n) is 2.14. The van der Waals surface area contributed by atoms with Crippen LogP contribution in [-0.2, 0) is 11.2 Å². The van der Waals surface area contributed by atoms with E-state index in [9.17, 15) is 4.79 Å². The summed E-state index contributed by atoms with van der Waals surface area (Å²) in [7, 11) is 1.64. The highest BCUT2D eigenvalue weighted by Gasteiger charge is 2.00. The number of carbonyl (C=O) groups excluding carboxylic acids is 1. The summed E-state index contributed by atoms with van der Waals surface area (Å²) < 4.78 is 0. The van der Waals surface area contributed by atoms with Gasteiger partial charge in [0, 0.05) is 19.2 Å². The van der Waals surface area contributed by atoms with Gasteiger partial charge in [0.25, 0.3) is 0 Å². The average molecular weight is 237 g/mol. The van der Waals surface area contributed by atoms with E-state index in [1.54, 1.807) is 7.05 Å². The van der Waals surface area contributed by atoms with Crippen LogP contribution in [0.2, 0.25) is 0 Å². The third-order valence-corrected chi connectivity index (χ3v) is 2.24. The van der Waals surface area contributed by atoms with E-state index < -0.39 is 0 Å². The SMILES string of the molecule is CNC(=O)CCc1ccc(NC(N)=S)cc1. The topological polar surface area (TPSA) is 67.2 Å². The van der Waals surface area contributed by atoms with E-state index in [-0.39, 0.29) is 11.0 Å². The molecule has 0 spiro atoms. The molecule has 1 rings (SSSR count). The molecule has 0 atom stereocenters. The van der Waals surface area contributed by atoms with Crippen molar-refractivity contribution in [2.45, 2.75) is 12.8 Å². The second-order valence-corrected chi connectivity index (χ2v) is 3.80. The second kappa shape index (κ2) is 6.07. The van der Waals surface area contributed by atoms with Gasteiger partial charge in [0.05, 0.1) is 0 Å². The lowest BCUT2D eigenvalue weighted by Gasteiger charge is -2.05. The van der Waals surface area contributed by atoms with Crippen molar-refractivity contribution < 1.29 is 4.79 Å². The molecule has 0 bridgehead atoms. The molecule has 0 radical (unpaired) electrons. The maximum absolute atomic E-state index is 11.0. The van der Waals surface area contributed by atoms with Gasteiger partial charge in [-0.25, -0.2) is 0 Å². The van der Waals surface area contributed by atoms with E-state index in [0.29, 0.717) is 6.42 Å². The Morgan fingerprint density at radius 1 is 1.38 bits per heavy atom. The molecule has 1 amide bonds. The molecule has 0 aliphatic heterocycles. The van der Waals surface area contributed by atoms with Crippen LogP contribution in [0.15, 0.2) is 24.3 Å². The Balaban J connectivity index is 2.51. The van der Waals surface area contributed by atoms with Gasteiger partial charge in [-0.1, -0.05) is 12.1 Å². The first-order valence-corrected chi connectivity index (χ1v) is 5.38. The Kier molecular flexibility index (Phi) is 4.72. The summed E-state index contributed by atoms with van der Waals surface area (Å²) >= 11 is 4.73. The summed E-state index contributed by atoms with van der Waals surface area (Å²) in [5.41, 5.74) is 7.31. The molecule has 0 saturated heterocycles. The number of rotatable bonds is 4. The van der Waals surface area contributed by atoms with Gasteiger partial charge in [0.1, 0.15) is 0 Å². The number of thiocarbonyl (C=S) groups is 1. The standard InChI is InChI=1S/C11H15N3OS/c1-13-10(15)7-4-8-2-5-9(6-3-8)14-11(12)16/h2-3,5-6H,4,7H2,1H3,(H,13,15)(H3,12,14,16). The molecule has 0 aliphatic carbocycles. The third kappa shape index (κ3) is 4.27. The van der Waals surface area contributed by atoms with E-state index in [4.69, 9.17) is 18.0 Å². The molecular formula is C11H15N3OS. The second-order valence-electron chi connectivity index (χ2n) is 3.36. The Bertz CT molecular complexity index is 375. The van der Waals surface area contributed by atoms with Gasteiger partial charge in [-0.05, 0) is 36.3 Å². The van der Waals surface area contributed by atoms with E-state index in [1.807, 2.05) is 24.3 Å². The van der Waals surface area contributed by atoms with E-state index in [1.165, 1.54) is 0 Å². The molecular weight excluding hydrogens is 222 g/mol. The first-order valence-electron chi connectivity index (χ1n) is 4.98. The van der Waals surface area contributed by atoms with Crippen LogP contribution >= 0.6 is 12.2 Å². The van der Waals surface area contributed by atoms with Crippen LogP contribution in [0.1, 0.15) is 12.0 Å². The van der Waals surface area contributed by atoms with Crippen LogP contribution < -0.4 is 16.4 Å². The molecule has 0 heterocycles. The number of amides is 1. The molecule has 1 aromatic rings. The zero-order valence-electron chi connectivity index (χ0n) is 9.12. The molecule has 86 valence electrons. The van der Waals surface area contributed by atoms with Gasteiger partial charge in [-0.2, -0.15) is 0 Å². The Morgan fingerprint density at radius 2 is 2.00 bits per heavy atom. The summed E-state index contributed by atoms with van der Waals surface area (Å²) in [6, 6.07) is 7.67. The number of nitrogens with one attached hydrogen (secondary N) is 2. The highest BCUT2D eigenvalue weighted by atomic mass is 32.1. The Labute approximate surface area is 100 Å². The van der Waals surface area contributed by atoms with Gasteiger partial charge in [-0.15, -0.1) is 0 Å². The number of nitrogens with two attached hydrogens (primary N) is 1. The highest BCUT2D eigenvalue weighted by Crippen LogP contribution is 2.10. The molecule has 0 fully saturated rings. The lowest BCUT2D eigenvalue weighted by Crippen LogP contribution is -2.19. The van der Waals surface area contributed by atoms with Crippen LogP contribution in [0.5, 0.6) is 0 Å². The molecule has 0 saturated carbocycles. The number of benzene rings is 1. The number of hydrogen-bond donors (Lipinski definition) is 3. The Morgan fingerprint density at radius 3 is 2.50 bits per heavy atom. The van der Waals surface area contributed by atoms with E-state index in [2.05, 4.69) is 10.6 Å². The average Bonchev–Trinajstić information content (AvgIpc) is 2.27. The van der Waals surface area contributed by atoms with Crippen molar-refractivity contribution in [3.05, 3.63) is 29.8 Å². The number of carbonyl (C=O) groups is 1. The fraction of sp³-hybridized carbons (Fsp3) is 0.273. The fourth-order valence-electron chi connectivity index (χ4n) is 1.28.